The van der Waals surface area contributed by atoms with Crippen molar-refractivity contribution in [2.75, 3.05) is 53.4 Å². The molecule has 1 N–H and O–H groups in total. The van der Waals surface area contributed by atoms with E-state index in [0.717, 1.165) is 24.4 Å². The first-order chi connectivity index (χ1) is 16.5. The van der Waals surface area contributed by atoms with Crippen LogP contribution in [-0.2, 0) is 4.79 Å². The number of hydrogen-bond acceptors (Lipinski definition) is 4. The van der Waals surface area contributed by atoms with Crippen LogP contribution < -0.4 is 0 Å². The van der Waals surface area contributed by atoms with E-state index in [-0.39, 0.29) is 10.9 Å². The predicted molar refractivity (Wildman–Crippen MR) is 132 cm³/mol. The third-order valence-corrected chi connectivity index (χ3v) is 6.02. The molecule has 1 aliphatic rings. The van der Waals surface area contributed by atoms with Crippen LogP contribution in [0.4, 0.5) is 4.39 Å². The van der Waals surface area contributed by atoms with Gasteiger partial charge in [0.15, 0.2) is 0 Å². The number of aromatic nitrogens is 1. The van der Waals surface area contributed by atoms with Crippen LogP contribution in [0.25, 0.3) is 10.9 Å². The number of nitrogens with zero attached hydrogens (tertiary/aromatic N) is 4. The molecule has 2 heterocycles. The van der Waals surface area contributed by atoms with Gasteiger partial charge in [-0.3, -0.25) is 14.6 Å². The van der Waals surface area contributed by atoms with Crippen LogP contribution in [0.1, 0.15) is 22.3 Å². The Labute approximate surface area is 198 Å². The van der Waals surface area contributed by atoms with Gasteiger partial charge in [-0.1, -0.05) is 36.4 Å². The summed E-state index contributed by atoms with van der Waals surface area (Å²) in [6, 6.07) is 14.6. The summed E-state index contributed by atoms with van der Waals surface area (Å²) in [6.07, 6.45) is 2.37. The fourth-order valence-electron chi connectivity index (χ4n) is 4.23. The molecule has 7 nitrogen and oxygen atoms in total. The first kappa shape index (κ1) is 23.6. The van der Waals surface area contributed by atoms with Crippen molar-refractivity contribution in [1.29, 1.82) is 0 Å². The second kappa shape index (κ2) is 10.6. The minimum Gasteiger partial charge on any atom is -0.360 e. The average Bonchev–Trinajstić information content (AvgIpc) is 3.29. The Balaban J connectivity index is 1.44. The third-order valence-electron chi connectivity index (χ3n) is 6.02. The number of fused-ring (bicyclic) bond motifs is 1. The summed E-state index contributed by atoms with van der Waals surface area (Å²) in [6.45, 7) is 3.62. The molecule has 4 rings (SSSR count). The standard InChI is InChI=1S/C26H30FN5O2/c1-30(2)13-7-12-28-25(19-8-4-3-5-9-19)31-14-16-32(17-15-31)26(34)24(33)20-18-29-22-11-6-10-21(27)23(20)22/h3-6,8-11,18,29H,7,12-17H2,1-2H3/b28-25+. The number of amides is 1. The van der Waals surface area contributed by atoms with Crippen molar-refractivity contribution in [2.45, 2.75) is 6.42 Å². The van der Waals surface area contributed by atoms with Gasteiger partial charge in [-0.05, 0) is 39.2 Å². The topological polar surface area (TPSA) is 72.0 Å². The Kier molecular flexibility index (Phi) is 7.37. The zero-order valence-electron chi connectivity index (χ0n) is 19.6. The van der Waals surface area contributed by atoms with Crippen molar-refractivity contribution in [3.8, 4) is 0 Å². The average molecular weight is 464 g/mol. The van der Waals surface area contributed by atoms with Crippen LogP contribution in [-0.4, -0.2) is 90.6 Å². The minimum absolute atomic E-state index is 0.0768. The van der Waals surface area contributed by atoms with Gasteiger partial charge in [-0.15, -0.1) is 0 Å². The van der Waals surface area contributed by atoms with Crippen LogP contribution in [0, 0.1) is 5.82 Å². The van der Waals surface area contributed by atoms with Crippen molar-refractivity contribution >= 4 is 28.4 Å². The molecule has 34 heavy (non-hydrogen) atoms. The lowest BCUT2D eigenvalue weighted by Crippen LogP contribution is -2.52. The summed E-state index contributed by atoms with van der Waals surface area (Å²) in [7, 11) is 4.09. The highest BCUT2D eigenvalue weighted by atomic mass is 19.1. The second-order valence-corrected chi connectivity index (χ2v) is 8.70. The lowest BCUT2D eigenvalue weighted by molar-refractivity contribution is -0.127. The van der Waals surface area contributed by atoms with E-state index in [0.29, 0.717) is 38.2 Å². The van der Waals surface area contributed by atoms with Crippen LogP contribution >= 0.6 is 0 Å². The van der Waals surface area contributed by atoms with Gasteiger partial charge in [0.25, 0.3) is 11.7 Å². The first-order valence-corrected chi connectivity index (χ1v) is 11.5. The molecule has 0 aliphatic carbocycles. The summed E-state index contributed by atoms with van der Waals surface area (Å²) in [4.78, 5) is 39.5. The number of carbonyl (C=O) groups excluding carboxylic acids is 2. The van der Waals surface area contributed by atoms with Gasteiger partial charge >= 0.3 is 0 Å². The van der Waals surface area contributed by atoms with Crippen molar-refractivity contribution in [3.05, 3.63) is 71.7 Å². The van der Waals surface area contributed by atoms with Crippen molar-refractivity contribution in [3.63, 3.8) is 0 Å². The summed E-state index contributed by atoms with van der Waals surface area (Å²) < 4.78 is 14.3. The lowest BCUT2D eigenvalue weighted by Gasteiger charge is -2.36. The molecule has 1 fully saturated rings. The van der Waals surface area contributed by atoms with E-state index in [1.165, 1.54) is 12.3 Å². The van der Waals surface area contributed by atoms with Gasteiger partial charge in [0.1, 0.15) is 11.7 Å². The number of aliphatic imine (C=N–C) groups is 1. The number of aromatic amines is 1. The highest BCUT2D eigenvalue weighted by Crippen LogP contribution is 2.23. The molecule has 0 unspecified atom stereocenters. The highest BCUT2D eigenvalue weighted by Gasteiger charge is 2.30. The monoisotopic (exact) mass is 463 g/mol. The van der Waals surface area contributed by atoms with Crippen LogP contribution in [0.5, 0.6) is 0 Å². The molecular formula is C26H30FN5O2. The Morgan fingerprint density at radius 1 is 1.00 bits per heavy atom. The molecule has 1 aromatic heterocycles. The number of hydrogen-bond donors (Lipinski definition) is 1. The zero-order chi connectivity index (χ0) is 24.1. The SMILES string of the molecule is CN(C)CCC/N=C(\c1ccccc1)N1CCN(C(=O)C(=O)c2c[nH]c3cccc(F)c23)CC1. The Morgan fingerprint density at radius 2 is 1.71 bits per heavy atom. The number of piperazine rings is 1. The first-order valence-electron chi connectivity index (χ1n) is 11.5. The maximum absolute atomic E-state index is 14.3. The summed E-state index contributed by atoms with van der Waals surface area (Å²) in [5.74, 6) is -0.896. The van der Waals surface area contributed by atoms with Gasteiger partial charge in [-0.25, -0.2) is 4.39 Å². The molecule has 2 aromatic carbocycles. The number of rotatable bonds is 7. The lowest BCUT2D eigenvalue weighted by atomic mass is 10.1. The van der Waals surface area contributed by atoms with E-state index in [1.807, 2.05) is 44.4 Å². The van der Waals surface area contributed by atoms with Crippen LogP contribution in [0.2, 0.25) is 0 Å². The molecule has 178 valence electrons. The molecule has 0 bridgehead atoms. The summed E-state index contributed by atoms with van der Waals surface area (Å²) in [5.41, 5.74) is 1.62. The van der Waals surface area contributed by atoms with Crippen molar-refractivity contribution in [2.24, 2.45) is 4.99 Å². The number of nitrogens with one attached hydrogen (secondary N) is 1. The summed E-state index contributed by atoms with van der Waals surface area (Å²) in [5, 5.41) is 0.163. The number of Topliss-reactive ketones (excluding diaryl/α,β-unsaturated/α-hetero) is 1. The van der Waals surface area contributed by atoms with E-state index in [1.54, 1.807) is 17.0 Å². The fourth-order valence-corrected chi connectivity index (χ4v) is 4.23. The van der Waals surface area contributed by atoms with E-state index >= 15 is 0 Å². The number of ketones is 1. The molecule has 3 aromatic rings. The number of H-pyrrole nitrogens is 1. The Hall–Kier alpha value is -3.52. The van der Waals surface area contributed by atoms with Gasteiger partial charge < -0.3 is 19.7 Å². The molecule has 1 amide bonds. The van der Waals surface area contributed by atoms with E-state index in [4.69, 9.17) is 4.99 Å². The molecule has 0 atom stereocenters. The molecular weight excluding hydrogens is 433 g/mol. The molecule has 8 heteroatoms. The molecule has 0 radical (unpaired) electrons. The zero-order valence-corrected chi connectivity index (χ0v) is 19.6. The second-order valence-electron chi connectivity index (χ2n) is 8.70. The molecule has 1 saturated heterocycles. The van der Waals surface area contributed by atoms with E-state index in [2.05, 4.69) is 14.8 Å². The quantitative estimate of drug-likeness (QED) is 0.192. The van der Waals surface area contributed by atoms with E-state index in [9.17, 15) is 14.0 Å². The number of carbonyl (C=O) groups is 2. The number of halogens is 1. The Morgan fingerprint density at radius 3 is 2.41 bits per heavy atom. The van der Waals surface area contributed by atoms with Gasteiger partial charge in [0.2, 0.25) is 0 Å². The maximum atomic E-state index is 14.3. The third kappa shape index (κ3) is 5.17. The molecule has 1 aliphatic heterocycles. The maximum Gasteiger partial charge on any atom is 0.295 e. The normalized spacial score (nSPS) is 14.8. The number of amidine groups is 1. The minimum atomic E-state index is -0.689. The molecule has 0 saturated carbocycles. The largest absolute Gasteiger partial charge is 0.360 e. The van der Waals surface area contributed by atoms with Crippen LogP contribution in [0.3, 0.4) is 0 Å². The highest BCUT2D eigenvalue weighted by molar-refractivity contribution is 6.44. The van der Waals surface area contributed by atoms with Crippen molar-refractivity contribution in [1.82, 2.24) is 19.7 Å². The summed E-state index contributed by atoms with van der Waals surface area (Å²) >= 11 is 0. The smallest absolute Gasteiger partial charge is 0.295 e. The Bertz CT molecular complexity index is 1180. The van der Waals surface area contributed by atoms with Gasteiger partial charge in [0, 0.05) is 55.4 Å². The predicted octanol–water partition coefficient (Wildman–Crippen LogP) is 3.03. The van der Waals surface area contributed by atoms with Crippen molar-refractivity contribution < 1.29 is 14.0 Å². The number of benzene rings is 2. The van der Waals surface area contributed by atoms with Gasteiger partial charge in [0.05, 0.1) is 5.56 Å². The molecule has 0 spiro atoms. The van der Waals surface area contributed by atoms with E-state index < -0.39 is 17.5 Å². The fraction of sp³-hybridized carbons (Fsp3) is 0.346. The van der Waals surface area contributed by atoms with Gasteiger partial charge in [-0.2, -0.15) is 0 Å². The van der Waals surface area contributed by atoms with Crippen LogP contribution in [0.15, 0.2) is 59.7 Å².